The number of rotatable bonds is 5. The number of nitro groups is 1. The van der Waals surface area contributed by atoms with E-state index < -0.39 is 4.92 Å². The largest absolute Gasteiger partial charge is 0.497 e. The van der Waals surface area contributed by atoms with Crippen molar-refractivity contribution in [1.82, 2.24) is 20.3 Å². The molecule has 23 heavy (non-hydrogen) atoms. The third-order valence-corrected chi connectivity index (χ3v) is 3.01. The zero-order valence-corrected chi connectivity index (χ0v) is 12.1. The lowest BCUT2D eigenvalue weighted by Crippen LogP contribution is -1.89. The van der Waals surface area contributed by atoms with Crippen LogP contribution in [0.1, 0.15) is 0 Å². The highest BCUT2D eigenvalue weighted by atomic mass is 16.6. The van der Waals surface area contributed by atoms with E-state index in [1.807, 2.05) is 0 Å². The molecule has 0 atom stereocenters. The van der Waals surface area contributed by atoms with Crippen molar-refractivity contribution < 1.29 is 18.9 Å². The van der Waals surface area contributed by atoms with Gasteiger partial charge in [0.15, 0.2) is 5.69 Å². The standard InChI is InChI=1S/C13H11N5O5/c1-21-8-3-7(4-9(5-8)22-2)13-14-12(17-23-13)10-6-11(16-15-10)18(19)20/h3-6H,1-2H3,(H,15,16). The van der Waals surface area contributed by atoms with Gasteiger partial charge in [0.1, 0.15) is 11.5 Å². The minimum Gasteiger partial charge on any atom is -0.497 e. The van der Waals surface area contributed by atoms with Crippen LogP contribution in [0.15, 0.2) is 28.8 Å². The number of H-pyrrole nitrogens is 1. The predicted molar refractivity (Wildman–Crippen MR) is 77.1 cm³/mol. The molecule has 3 aromatic rings. The first-order valence-electron chi connectivity index (χ1n) is 6.38. The van der Waals surface area contributed by atoms with Gasteiger partial charge >= 0.3 is 5.82 Å². The molecule has 0 bridgehead atoms. The quantitative estimate of drug-likeness (QED) is 0.559. The molecule has 0 aliphatic heterocycles. The summed E-state index contributed by atoms with van der Waals surface area (Å²) < 4.78 is 15.5. The summed E-state index contributed by atoms with van der Waals surface area (Å²) in [6.07, 6.45) is 0. The van der Waals surface area contributed by atoms with Crippen LogP contribution < -0.4 is 9.47 Å². The summed E-state index contributed by atoms with van der Waals surface area (Å²) >= 11 is 0. The van der Waals surface area contributed by atoms with E-state index >= 15 is 0 Å². The highest BCUT2D eigenvalue weighted by Gasteiger charge is 2.18. The number of benzene rings is 1. The van der Waals surface area contributed by atoms with Crippen LogP contribution in [-0.4, -0.2) is 39.5 Å². The van der Waals surface area contributed by atoms with Gasteiger partial charge < -0.3 is 24.1 Å². The van der Waals surface area contributed by atoms with Crippen molar-refractivity contribution in [3.05, 3.63) is 34.4 Å². The van der Waals surface area contributed by atoms with E-state index in [4.69, 9.17) is 14.0 Å². The fourth-order valence-electron chi connectivity index (χ4n) is 1.90. The first-order valence-corrected chi connectivity index (χ1v) is 6.38. The molecule has 118 valence electrons. The van der Waals surface area contributed by atoms with Gasteiger partial charge in [0, 0.05) is 11.6 Å². The van der Waals surface area contributed by atoms with E-state index in [2.05, 4.69) is 20.3 Å². The van der Waals surface area contributed by atoms with Crippen molar-refractivity contribution >= 4 is 5.82 Å². The predicted octanol–water partition coefficient (Wildman–Crippen LogP) is 2.05. The van der Waals surface area contributed by atoms with Crippen LogP contribution in [0.4, 0.5) is 5.82 Å². The number of methoxy groups -OCH3 is 2. The van der Waals surface area contributed by atoms with Gasteiger partial charge in [-0.05, 0) is 17.1 Å². The van der Waals surface area contributed by atoms with E-state index in [0.29, 0.717) is 17.1 Å². The summed E-state index contributed by atoms with van der Waals surface area (Å²) in [5.74, 6) is 1.22. The molecule has 0 saturated heterocycles. The van der Waals surface area contributed by atoms with Crippen LogP contribution >= 0.6 is 0 Å². The molecule has 0 radical (unpaired) electrons. The van der Waals surface area contributed by atoms with Crippen LogP contribution in [0.3, 0.4) is 0 Å². The molecule has 1 N–H and O–H groups in total. The number of nitrogens with one attached hydrogen (secondary N) is 1. The molecule has 10 heteroatoms. The zero-order chi connectivity index (χ0) is 16.4. The molecule has 0 fully saturated rings. The Kier molecular flexibility index (Phi) is 3.63. The molecule has 0 spiro atoms. The smallest absolute Gasteiger partial charge is 0.343 e. The summed E-state index contributed by atoms with van der Waals surface area (Å²) in [7, 11) is 3.06. The number of hydrogen-bond acceptors (Lipinski definition) is 8. The van der Waals surface area contributed by atoms with E-state index in [-0.39, 0.29) is 23.2 Å². The average Bonchev–Trinajstić information content (AvgIpc) is 3.23. The lowest BCUT2D eigenvalue weighted by atomic mass is 10.2. The molecule has 0 unspecified atom stereocenters. The average molecular weight is 317 g/mol. The first kappa shape index (κ1) is 14.5. The molecular formula is C13H11N5O5. The molecule has 10 nitrogen and oxygen atoms in total. The minimum atomic E-state index is -0.593. The molecular weight excluding hydrogens is 306 g/mol. The minimum absolute atomic E-state index is 0.131. The lowest BCUT2D eigenvalue weighted by molar-refractivity contribution is -0.389. The normalized spacial score (nSPS) is 10.5. The van der Waals surface area contributed by atoms with Gasteiger partial charge in [-0.2, -0.15) is 4.98 Å². The van der Waals surface area contributed by atoms with Gasteiger partial charge in [-0.3, -0.25) is 0 Å². The van der Waals surface area contributed by atoms with Crippen LogP contribution in [0, 0.1) is 10.1 Å². The molecule has 0 saturated carbocycles. The summed E-state index contributed by atoms with van der Waals surface area (Å²) in [6, 6.07) is 6.33. The zero-order valence-electron chi connectivity index (χ0n) is 12.1. The Morgan fingerprint density at radius 2 is 1.87 bits per heavy atom. The highest BCUT2D eigenvalue weighted by molar-refractivity contribution is 5.62. The van der Waals surface area contributed by atoms with Gasteiger partial charge in [0.25, 0.3) is 5.89 Å². The molecule has 0 aliphatic rings. The number of ether oxygens (including phenoxy) is 2. The van der Waals surface area contributed by atoms with Crippen LogP contribution in [-0.2, 0) is 0 Å². The van der Waals surface area contributed by atoms with Gasteiger partial charge in [-0.15, -0.1) is 5.10 Å². The number of aromatic nitrogens is 4. The maximum atomic E-state index is 10.7. The summed E-state index contributed by atoms with van der Waals surface area (Å²) in [6.45, 7) is 0. The summed E-state index contributed by atoms with van der Waals surface area (Å²) in [4.78, 5) is 14.2. The SMILES string of the molecule is COc1cc(OC)cc(-c2nc(-c3cc([N+](=O)[O-])[nH]n3)no2)c1. The third kappa shape index (κ3) is 2.81. The molecule has 3 rings (SSSR count). The van der Waals surface area contributed by atoms with Crippen LogP contribution in [0.5, 0.6) is 11.5 Å². The topological polar surface area (TPSA) is 129 Å². The molecule has 1 aromatic carbocycles. The van der Waals surface area contributed by atoms with Crippen molar-refractivity contribution in [2.24, 2.45) is 0 Å². The number of hydrogen-bond donors (Lipinski definition) is 1. The van der Waals surface area contributed by atoms with Gasteiger partial charge in [0.05, 0.1) is 20.3 Å². The van der Waals surface area contributed by atoms with E-state index in [0.717, 1.165) is 0 Å². The van der Waals surface area contributed by atoms with E-state index in [1.54, 1.807) is 18.2 Å². The van der Waals surface area contributed by atoms with Crippen molar-refractivity contribution in [3.63, 3.8) is 0 Å². The lowest BCUT2D eigenvalue weighted by Gasteiger charge is -2.05. The first-order chi connectivity index (χ1) is 11.1. The van der Waals surface area contributed by atoms with Crippen LogP contribution in [0.2, 0.25) is 0 Å². The van der Waals surface area contributed by atoms with Crippen molar-refractivity contribution in [3.8, 4) is 34.5 Å². The monoisotopic (exact) mass is 317 g/mol. The highest BCUT2D eigenvalue weighted by Crippen LogP contribution is 2.30. The second kappa shape index (κ2) is 5.75. The van der Waals surface area contributed by atoms with E-state index in [9.17, 15) is 10.1 Å². The molecule has 2 heterocycles. The van der Waals surface area contributed by atoms with Gasteiger partial charge in [-0.1, -0.05) is 10.3 Å². The molecule has 0 aliphatic carbocycles. The molecule has 2 aromatic heterocycles. The second-order valence-corrected chi connectivity index (χ2v) is 4.42. The Hall–Kier alpha value is -3.43. The second-order valence-electron chi connectivity index (χ2n) is 4.42. The fraction of sp³-hybridized carbons (Fsp3) is 0.154. The summed E-state index contributed by atoms with van der Waals surface area (Å²) in [5, 5.41) is 20.5. The Balaban J connectivity index is 1.96. The van der Waals surface area contributed by atoms with Gasteiger partial charge in [0.2, 0.25) is 5.82 Å². The number of nitrogens with zero attached hydrogens (tertiary/aromatic N) is 4. The van der Waals surface area contributed by atoms with Crippen LogP contribution in [0.25, 0.3) is 23.0 Å². The Morgan fingerprint density at radius 1 is 1.17 bits per heavy atom. The fourth-order valence-corrected chi connectivity index (χ4v) is 1.90. The number of aromatic amines is 1. The van der Waals surface area contributed by atoms with Crippen molar-refractivity contribution in [2.45, 2.75) is 0 Å². The third-order valence-electron chi connectivity index (χ3n) is 3.01. The van der Waals surface area contributed by atoms with E-state index in [1.165, 1.54) is 20.3 Å². The van der Waals surface area contributed by atoms with Crippen molar-refractivity contribution in [1.29, 1.82) is 0 Å². The Morgan fingerprint density at radius 3 is 2.43 bits per heavy atom. The Bertz CT molecular complexity index is 834. The van der Waals surface area contributed by atoms with Gasteiger partial charge in [-0.25, -0.2) is 0 Å². The summed E-state index contributed by atoms with van der Waals surface area (Å²) in [5.41, 5.74) is 0.798. The maximum Gasteiger partial charge on any atom is 0.343 e. The molecule has 0 amide bonds. The Labute approximate surface area is 129 Å². The van der Waals surface area contributed by atoms with Crippen molar-refractivity contribution in [2.75, 3.05) is 14.2 Å². The maximum absolute atomic E-state index is 10.7.